The van der Waals surface area contributed by atoms with Crippen molar-refractivity contribution in [3.8, 4) is 5.75 Å². The van der Waals surface area contributed by atoms with Crippen LogP contribution in [0.2, 0.25) is 0 Å². The molecule has 0 aromatic heterocycles. The maximum Gasteiger partial charge on any atom is 0.379 e. The molecule has 0 saturated carbocycles. The van der Waals surface area contributed by atoms with Gasteiger partial charge >= 0.3 is 5.97 Å². The van der Waals surface area contributed by atoms with Crippen molar-refractivity contribution < 1.29 is 34.1 Å². The Labute approximate surface area is 178 Å². The first kappa shape index (κ1) is 21.6. The van der Waals surface area contributed by atoms with Crippen molar-refractivity contribution in [3.63, 3.8) is 0 Å². The molecule has 31 heavy (non-hydrogen) atoms. The molecular weight excluding hydrogens is 402 g/mol. The number of amides is 1. The van der Waals surface area contributed by atoms with Gasteiger partial charge in [-0.1, -0.05) is 30.3 Å². The monoisotopic (exact) mass is 423 g/mol. The van der Waals surface area contributed by atoms with Crippen LogP contribution in [0.25, 0.3) is 0 Å². The molecule has 1 aliphatic heterocycles. The van der Waals surface area contributed by atoms with Gasteiger partial charge in [0.05, 0.1) is 25.3 Å². The predicted octanol–water partition coefficient (Wildman–Crippen LogP) is 3.17. The Morgan fingerprint density at radius 1 is 1.10 bits per heavy atom. The molecule has 1 aliphatic rings. The third-order valence-electron chi connectivity index (χ3n) is 4.69. The highest BCUT2D eigenvalue weighted by Gasteiger charge is 2.43. The second-order valence-electron chi connectivity index (χ2n) is 6.56. The highest BCUT2D eigenvalue weighted by atomic mass is 16.5. The molecule has 0 radical (unpaired) electrons. The third-order valence-corrected chi connectivity index (χ3v) is 4.69. The largest absolute Gasteiger partial charge is 0.507 e. The van der Waals surface area contributed by atoms with E-state index in [1.165, 1.54) is 18.9 Å². The SMILES string of the molecule is CCOC(=O)C(=O)C=C(O)C1=C(O)C(=O)N(c2ccccc2)[C@@H]1c1ccc(OC)cc1. The molecule has 2 aromatic rings. The summed E-state index contributed by atoms with van der Waals surface area (Å²) in [4.78, 5) is 37.9. The minimum atomic E-state index is -1.15. The minimum Gasteiger partial charge on any atom is -0.507 e. The number of benzene rings is 2. The zero-order valence-corrected chi connectivity index (χ0v) is 16.9. The molecule has 1 heterocycles. The van der Waals surface area contributed by atoms with Gasteiger partial charge in [-0.25, -0.2) is 4.79 Å². The number of carbonyl (C=O) groups excluding carboxylic acids is 3. The van der Waals surface area contributed by atoms with Crippen LogP contribution in [-0.4, -0.2) is 41.6 Å². The Hall–Kier alpha value is -4.07. The number of aliphatic hydroxyl groups excluding tert-OH is 2. The Bertz CT molecular complexity index is 1060. The van der Waals surface area contributed by atoms with Crippen LogP contribution in [0.1, 0.15) is 18.5 Å². The molecule has 2 aromatic carbocycles. The van der Waals surface area contributed by atoms with E-state index in [4.69, 9.17) is 4.74 Å². The smallest absolute Gasteiger partial charge is 0.379 e. The number of para-hydroxylation sites is 1. The first-order chi connectivity index (χ1) is 14.9. The van der Waals surface area contributed by atoms with Gasteiger partial charge in [-0.15, -0.1) is 0 Å². The number of ketones is 1. The first-order valence-electron chi connectivity index (χ1n) is 9.46. The Morgan fingerprint density at radius 3 is 2.32 bits per heavy atom. The summed E-state index contributed by atoms with van der Waals surface area (Å²) < 4.78 is 9.79. The summed E-state index contributed by atoms with van der Waals surface area (Å²) in [5, 5.41) is 21.2. The molecule has 2 N–H and O–H groups in total. The molecule has 1 amide bonds. The van der Waals surface area contributed by atoms with Crippen molar-refractivity contribution in [1.29, 1.82) is 0 Å². The van der Waals surface area contributed by atoms with E-state index in [1.54, 1.807) is 54.6 Å². The molecule has 1 atom stereocenters. The standard InChI is InChI=1S/C23H21NO7/c1-3-31-23(29)18(26)13-17(25)19-20(14-9-11-16(30-2)12-10-14)24(22(28)21(19)27)15-7-5-4-6-8-15/h4-13,20,25,27H,3H2,1-2H3/t20-/m1/s1. The van der Waals surface area contributed by atoms with E-state index in [2.05, 4.69) is 4.74 Å². The fraction of sp³-hybridized carbons (Fsp3) is 0.174. The fourth-order valence-corrected chi connectivity index (χ4v) is 3.29. The number of rotatable bonds is 7. The van der Waals surface area contributed by atoms with Crippen LogP contribution in [0.15, 0.2) is 77.8 Å². The van der Waals surface area contributed by atoms with Crippen molar-refractivity contribution in [1.82, 2.24) is 0 Å². The normalized spacial score (nSPS) is 16.5. The lowest BCUT2D eigenvalue weighted by Crippen LogP contribution is -2.30. The fourth-order valence-electron chi connectivity index (χ4n) is 3.29. The summed E-state index contributed by atoms with van der Waals surface area (Å²) in [7, 11) is 1.51. The topological polar surface area (TPSA) is 113 Å². The maximum atomic E-state index is 12.9. The van der Waals surface area contributed by atoms with Gasteiger partial charge in [0.2, 0.25) is 0 Å². The van der Waals surface area contributed by atoms with E-state index in [0.717, 1.165) is 0 Å². The number of methoxy groups -OCH3 is 1. The number of ether oxygens (including phenoxy) is 2. The molecular formula is C23H21NO7. The van der Waals surface area contributed by atoms with Gasteiger partial charge in [-0.05, 0) is 36.8 Å². The van der Waals surface area contributed by atoms with Crippen LogP contribution in [0.5, 0.6) is 5.75 Å². The highest BCUT2D eigenvalue weighted by Crippen LogP contribution is 2.43. The Balaban J connectivity index is 2.11. The first-order valence-corrected chi connectivity index (χ1v) is 9.46. The molecule has 8 nitrogen and oxygen atoms in total. The summed E-state index contributed by atoms with van der Waals surface area (Å²) in [6.07, 6.45) is 0.641. The van der Waals surface area contributed by atoms with Crippen LogP contribution >= 0.6 is 0 Å². The summed E-state index contributed by atoms with van der Waals surface area (Å²) >= 11 is 0. The average Bonchev–Trinajstić information content (AvgIpc) is 3.05. The summed E-state index contributed by atoms with van der Waals surface area (Å²) in [5.74, 6) is -3.88. The lowest BCUT2D eigenvalue weighted by Gasteiger charge is -2.27. The van der Waals surface area contributed by atoms with Gasteiger partial charge in [-0.2, -0.15) is 0 Å². The lowest BCUT2D eigenvalue weighted by molar-refractivity contribution is -0.151. The van der Waals surface area contributed by atoms with E-state index in [9.17, 15) is 24.6 Å². The van der Waals surface area contributed by atoms with Crippen molar-refractivity contribution in [2.45, 2.75) is 13.0 Å². The average molecular weight is 423 g/mol. The van der Waals surface area contributed by atoms with Gasteiger partial charge in [0.1, 0.15) is 11.5 Å². The van der Waals surface area contributed by atoms with Gasteiger partial charge in [0.25, 0.3) is 11.7 Å². The molecule has 0 fully saturated rings. The van der Waals surface area contributed by atoms with E-state index in [1.807, 2.05) is 0 Å². The quantitative estimate of drug-likeness (QED) is 0.304. The van der Waals surface area contributed by atoms with E-state index < -0.39 is 35.2 Å². The van der Waals surface area contributed by atoms with E-state index >= 15 is 0 Å². The van der Waals surface area contributed by atoms with Crippen LogP contribution in [0.3, 0.4) is 0 Å². The Kier molecular flexibility index (Phi) is 6.40. The van der Waals surface area contributed by atoms with Crippen LogP contribution in [0, 0.1) is 0 Å². The number of hydrogen-bond donors (Lipinski definition) is 2. The van der Waals surface area contributed by atoms with Crippen LogP contribution < -0.4 is 9.64 Å². The zero-order valence-electron chi connectivity index (χ0n) is 16.9. The molecule has 160 valence electrons. The summed E-state index contributed by atoms with van der Waals surface area (Å²) in [5.41, 5.74) is 0.816. The Morgan fingerprint density at radius 2 is 1.74 bits per heavy atom. The molecule has 0 unspecified atom stereocenters. The minimum absolute atomic E-state index is 0.0120. The molecule has 0 spiro atoms. The van der Waals surface area contributed by atoms with E-state index in [-0.39, 0.29) is 12.2 Å². The second kappa shape index (κ2) is 9.17. The van der Waals surface area contributed by atoms with Gasteiger partial charge in [0, 0.05) is 11.8 Å². The number of carbonyl (C=O) groups is 3. The van der Waals surface area contributed by atoms with Crippen molar-refractivity contribution in [2.24, 2.45) is 0 Å². The molecule has 8 heteroatoms. The van der Waals surface area contributed by atoms with Gasteiger partial charge < -0.3 is 19.7 Å². The molecule has 0 aliphatic carbocycles. The van der Waals surface area contributed by atoms with Crippen molar-refractivity contribution in [2.75, 3.05) is 18.6 Å². The maximum absolute atomic E-state index is 12.9. The summed E-state index contributed by atoms with van der Waals surface area (Å²) in [6.45, 7) is 1.53. The second-order valence-corrected chi connectivity index (χ2v) is 6.56. The number of hydrogen-bond acceptors (Lipinski definition) is 7. The number of aliphatic hydroxyl groups is 2. The van der Waals surface area contributed by atoms with Gasteiger partial charge in [-0.3, -0.25) is 14.5 Å². The number of anilines is 1. The number of esters is 1. The zero-order chi connectivity index (χ0) is 22.5. The molecule has 0 bridgehead atoms. The van der Waals surface area contributed by atoms with Crippen molar-refractivity contribution in [3.05, 3.63) is 83.3 Å². The third kappa shape index (κ3) is 4.28. The molecule has 3 rings (SSSR count). The number of nitrogens with zero attached hydrogens (tertiary/aromatic N) is 1. The lowest BCUT2D eigenvalue weighted by atomic mass is 9.96. The van der Waals surface area contributed by atoms with Crippen LogP contribution in [0.4, 0.5) is 5.69 Å². The van der Waals surface area contributed by atoms with Crippen LogP contribution in [-0.2, 0) is 19.1 Å². The highest BCUT2D eigenvalue weighted by molar-refractivity contribution is 6.38. The predicted molar refractivity (Wildman–Crippen MR) is 112 cm³/mol. The van der Waals surface area contributed by atoms with Gasteiger partial charge in [0.15, 0.2) is 5.76 Å². The summed E-state index contributed by atoms with van der Waals surface area (Å²) in [6, 6.07) is 14.3. The van der Waals surface area contributed by atoms with E-state index in [0.29, 0.717) is 23.1 Å². The molecule has 0 saturated heterocycles. The van der Waals surface area contributed by atoms with Crippen molar-refractivity contribution >= 4 is 23.3 Å².